The fraction of sp³-hybridized carbons (Fsp3) is 0.944. The van der Waals surface area contributed by atoms with E-state index in [1.165, 1.54) is 25.7 Å². The molecule has 1 N–H and O–H groups in total. The van der Waals surface area contributed by atoms with Crippen LogP contribution in [0, 0.1) is 17.3 Å². The van der Waals surface area contributed by atoms with Crippen LogP contribution in [0.25, 0.3) is 0 Å². The topological polar surface area (TPSA) is 32.3 Å². The first-order valence-corrected chi connectivity index (χ1v) is 8.98. The van der Waals surface area contributed by atoms with Gasteiger partial charge in [0.05, 0.1) is 0 Å². The van der Waals surface area contributed by atoms with Crippen LogP contribution in [0.2, 0.25) is 0 Å². The summed E-state index contributed by atoms with van der Waals surface area (Å²) in [6.07, 6.45) is 7.10. The standard InChI is InChI=1S/C18H34N2O/c1-5-11-19-16-9-12-20(13-14(16)2)17(21)15-8-6-7-10-18(15,3)4/h14-16,19H,5-13H2,1-4H3. The fourth-order valence-corrected chi connectivity index (χ4v) is 4.15. The molecule has 2 aliphatic rings. The Morgan fingerprint density at radius 1 is 1.29 bits per heavy atom. The Labute approximate surface area is 130 Å². The molecule has 21 heavy (non-hydrogen) atoms. The second kappa shape index (κ2) is 7.13. The van der Waals surface area contributed by atoms with Gasteiger partial charge in [-0.05, 0) is 43.6 Å². The van der Waals surface area contributed by atoms with E-state index in [0.717, 1.165) is 32.5 Å². The second-order valence-electron chi connectivity index (χ2n) is 7.90. The highest BCUT2D eigenvalue weighted by atomic mass is 16.2. The molecule has 1 amide bonds. The first-order chi connectivity index (χ1) is 9.95. The minimum atomic E-state index is 0.190. The van der Waals surface area contributed by atoms with Crippen LogP contribution >= 0.6 is 0 Å². The van der Waals surface area contributed by atoms with Crippen molar-refractivity contribution in [1.29, 1.82) is 0 Å². The van der Waals surface area contributed by atoms with Crippen LogP contribution in [-0.4, -0.2) is 36.5 Å². The number of carbonyl (C=O) groups is 1. The monoisotopic (exact) mass is 294 g/mol. The Hall–Kier alpha value is -0.570. The van der Waals surface area contributed by atoms with E-state index in [4.69, 9.17) is 0 Å². The number of hydrogen-bond donors (Lipinski definition) is 1. The summed E-state index contributed by atoms with van der Waals surface area (Å²) in [5.41, 5.74) is 0.190. The summed E-state index contributed by atoms with van der Waals surface area (Å²) >= 11 is 0. The quantitative estimate of drug-likeness (QED) is 0.861. The molecule has 0 bridgehead atoms. The van der Waals surface area contributed by atoms with Crippen LogP contribution in [0.1, 0.15) is 66.2 Å². The molecule has 1 heterocycles. The van der Waals surface area contributed by atoms with Crippen molar-refractivity contribution in [3.05, 3.63) is 0 Å². The highest BCUT2D eigenvalue weighted by Crippen LogP contribution is 2.41. The van der Waals surface area contributed by atoms with Crippen molar-refractivity contribution >= 4 is 5.91 Å². The summed E-state index contributed by atoms with van der Waals surface area (Å²) in [6, 6.07) is 0.591. The highest BCUT2D eigenvalue weighted by molar-refractivity contribution is 5.79. The molecule has 1 aliphatic heterocycles. The Kier molecular flexibility index (Phi) is 5.70. The fourth-order valence-electron chi connectivity index (χ4n) is 4.15. The second-order valence-corrected chi connectivity index (χ2v) is 7.90. The van der Waals surface area contributed by atoms with E-state index in [2.05, 4.69) is 37.9 Å². The van der Waals surface area contributed by atoms with Crippen molar-refractivity contribution in [1.82, 2.24) is 10.2 Å². The van der Waals surface area contributed by atoms with E-state index in [9.17, 15) is 4.79 Å². The summed E-state index contributed by atoms with van der Waals surface area (Å²) < 4.78 is 0. The van der Waals surface area contributed by atoms with Crippen LogP contribution in [0.15, 0.2) is 0 Å². The highest BCUT2D eigenvalue weighted by Gasteiger charge is 2.40. The number of hydrogen-bond acceptors (Lipinski definition) is 2. The van der Waals surface area contributed by atoms with Crippen LogP contribution in [0.3, 0.4) is 0 Å². The minimum Gasteiger partial charge on any atom is -0.342 e. The maximum atomic E-state index is 12.9. The predicted molar refractivity (Wildman–Crippen MR) is 88.2 cm³/mol. The van der Waals surface area contributed by atoms with Gasteiger partial charge in [-0.2, -0.15) is 0 Å². The maximum Gasteiger partial charge on any atom is 0.226 e. The van der Waals surface area contributed by atoms with Crippen LogP contribution in [0.4, 0.5) is 0 Å². The summed E-state index contributed by atoms with van der Waals surface area (Å²) in [5, 5.41) is 3.64. The van der Waals surface area contributed by atoms with E-state index in [1.54, 1.807) is 0 Å². The third kappa shape index (κ3) is 4.00. The van der Waals surface area contributed by atoms with Gasteiger partial charge in [-0.3, -0.25) is 4.79 Å². The summed E-state index contributed by atoms with van der Waals surface area (Å²) in [6.45, 7) is 12.0. The normalized spacial score (nSPS) is 33.0. The number of piperidine rings is 1. The van der Waals surface area contributed by atoms with E-state index < -0.39 is 0 Å². The van der Waals surface area contributed by atoms with Gasteiger partial charge in [-0.25, -0.2) is 0 Å². The molecule has 3 unspecified atom stereocenters. The third-order valence-corrected chi connectivity index (χ3v) is 5.68. The number of amides is 1. The zero-order chi connectivity index (χ0) is 15.5. The van der Waals surface area contributed by atoms with E-state index >= 15 is 0 Å². The van der Waals surface area contributed by atoms with Crippen molar-refractivity contribution in [3.63, 3.8) is 0 Å². The largest absolute Gasteiger partial charge is 0.342 e. The lowest BCUT2D eigenvalue weighted by Crippen LogP contribution is -2.53. The van der Waals surface area contributed by atoms with Gasteiger partial charge in [0.25, 0.3) is 0 Å². The predicted octanol–water partition coefficient (Wildman–Crippen LogP) is 3.44. The Bertz CT molecular complexity index is 353. The lowest BCUT2D eigenvalue weighted by Gasteiger charge is -2.43. The van der Waals surface area contributed by atoms with Gasteiger partial charge in [0.2, 0.25) is 5.91 Å². The number of nitrogens with zero attached hydrogens (tertiary/aromatic N) is 1. The first kappa shape index (κ1) is 16.8. The first-order valence-electron chi connectivity index (χ1n) is 8.98. The van der Waals surface area contributed by atoms with Gasteiger partial charge in [0.15, 0.2) is 0 Å². The van der Waals surface area contributed by atoms with E-state index in [1.807, 2.05) is 0 Å². The molecule has 0 spiro atoms. The Balaban J connectivity index is 1.92. The summed E-state index contributed by atoms with van der Waals surface area (Å²) in [4.78, 5) is 15.1. The lowest BCUT2D eigenvalue weighted by atomic mass is 9.68. The van der Waals surface area contributed by atoms with Crippen LogP contribution < -0.4 is 5.32 Å². The van der Waals surface area contributed by atoms with Crippen molar-refractivity contribution in [2.45, 2.75) is 72.3 Å². The van der Waals surface area contributed by atoms with Gasteiger partial charge in [-0.1, -0.05) is 40.5 Å². The average Bonchev–Trinajstić information content (AvgIpc) is 2.45. The molecule has 1 saturated carbocycles. The van der Waals surface area contributed by atoms with E-state index in [0.29, 0.717) is 17.9 Å². The number of rotatable bonds is 4. The third-order valence-electron chi connectivity index (χ3n) is 5.68. The summed E-state index contributed by atoms with van der Waals surface area (Å²) in [7, 11) is 0. The number of nitrogens with one attached hydrogen (secondary N) is 1. The zero-order valence-corrected chi connectivity index (χ0v) is 14.5. The maximum absolute atomic E-state index is 12.9. The van der Waals surface area contributed by atoms with Gasteiger partial charge in [0.1, 0.15) is 0 Å². The molecular weight excluding hydrogens is 260 g/mol. The molecule has 0 aromatic rings. The van der Waals surface area contributed by atoms with Gasteiger partial charge in [0, 0.05) is 25.0 Å². The SMILES string of the molecule is CCCNC1CCN(C(=O)C2CCCCC2(C)C)CC1C. The zero-order valence-electron chi connectivity index (χ0n) is 14.5. The lowest BCUT2D eigenvalue weighted by molar-refractivity contribution is -0.143. The molecule has 3 atom stereocenters. The molecule has 1 saturated heterocycles. The van der Waals surface area contributed by atoms with Crippen LogP contribution in [0.5, 0.6) is 0 Å². The molecule has 2 fully saturated rings. The molecule has 0 radical (unpaired) electrons. The minimum absolute atomic E-state index is 0.190. The molecule has 0 aromatic heterocycles. The summed E-state index contributed by atoms with van der Waals surface area (Å²) in [5.74, 6) is 1.25. The van der Waals surface area contributed by atoms with Gasteiger partial charge in [-0.15, -0.1) is 0 Å². The molecule has 1 aliphatic carbocycles. The molecular formula is C18H34N2O. The smallest absolute Gasteiger partial charge is 0.226 e. The van der Waals surface area contributed by atoms with Crippen molar-refractivity contribution in [2.24, 2.45) is 17.3 Å². The molecule has 0 aromatic carbocycles. The van der Waals surface area contributed by atoms with E-state index in [-0.39, 0.29) is 11.3 Å². The molecule has 122 valence electrons. The number of likely N-dealkylation sites (tertiary alicyclic amines) is 1. The van der Waals surface area contributed by atoms with Crippen molar-refractivity contribution in [3.8, 4) is 0 Å². The molecule has 3 nitrogen and oxygen atoms in total. The average molecular weight is 294 g/mol. The molecule has 2 rings (SSSR count). The van der Waals surface area contributed by atoms with Crippen molar-refractivity contribution < 1.29 is 4.79 Å². The number of carbonyl (C=O) groups excluding carboxylic acids is 1. The Morgan fingerprint density at radius 3 is 2.67 bits per heavy atom. The van der Waals surface area contributed by atoms with Crippen molar-refractivity contribution in [2.75, 3.05) is 19.6 Å². The Morgan fingerprint density at radius 2 is 2.05 bits per heavy atom. The van der Waals surface area contributed by atoms with Gasteiger partial charge < -0.3 is 10.2 Å². The van der Waals surface area contributed by atoms with Gasteiger partial charge >= 0.3 is 0 Å². The molecule has 3 heteroatoms. The van der Waals surface area contributed by atoms with Crippen LogP contribution in [-0.2, 0) is 4.79 Å².